The number of aromatic nitrogens is 4. The fraction of sp³-hybridized carbons (Fsp3) is 0.318. The van der Waals surface area contributed by atoms with E-state index in [0.717, 1.165) is 6.26 Å². The molecule has 1 amide bonds. The molecular formula is C22H25N5O5S. The highest BCUT2D eigenvalue weighted by Crippen LogP contribution is 2.30. The molecule has 0 aliphatic carbocycles. The number of carbonyl (C=O) groups is 1. The average Bonchev–Trinajstić information content (AvgIpc) is 2.73. The van der Waals surface area contributed by atoms with Gasteiger partial charge in [-0.3, -0.25) is 9.78 Å². The number of amides is 1. The van der Waals surface area contributed by atoms with Crippen molar-refractivity contribution in [3.8, 4) is 28.8 Å². The van der Waals surface area contributed by atoms with E-state index in [1.165, 1.54) is 18.6 Å². The van der Waals surface area contributed by atoms with Gasteiger partial charge in [0.05, 0.1) is 24.1 Å². The highest BCUT2D eigenvalue weighted by molar-refractivity contribution is 7.90. The molecule has 0 radical (unpaired) electrons. The summed E-state index contributed by atoms with van der Waals surface area (Å²) in [6, 6.07) is 5.20. The molecule has 0 bridgehead atoms. The molecule has 0 spiro atoms. The number of hydrogen-bond donors (Lipinski definition) is 1. The predicted octanol–water partition coefficient (Wildman–Crippen LogP) is 2.68. The summed E-state index contributed by atoms with van der Waals surface area (Å²) in [4.78, 5) is 29.3. The third-order valence-electron chi connectivity index (χ3n) is 4.21. The highest BCUT2D eigenvalue weighted by atomic mass is 32.2. The normalized spacial score (nSPS) is 11.6. The van der Waals surface area contributed by atoms with E-state index in [1.54, 1.807) is 44.4 Å². The molecule has 0 aromatic carbocycles. The molecule has 10 nitrogen and oxygen atoms in total. The zero-order valence-corrected chi connectivity index (χ0v) is 19.6. The van der Waals surface area contributed by atoms with E-state index >= 15 is 0 Å². The van der Waals surface area contributed by atoms with Crippen LogP contribution >= 0.6 is 0 Å². The second kappa shape index (κ2) is 9.90. The van der Waals surface area contributed by atoms with Crippen LogP contribution < -0.4 is 14.8 Å². The van der Waals surface area contributed by atoms with E-state index in [1.807, 2.05) is 6.92 Å². The molecule has 33 heavy (non-hydrogen) atoms. The summed E-state index contributed by atoms with van der Waals surface area (Å²) < 4.78 is 34.4. The van der Waals surface area contributed by atoms with Crippen molar-refractivity contribution in [2.75, 3.05) is 18.6 Å². The molecule has 3 rings (SSSR count). The van der Waals surface area contributed by atoms with Crippen molar-refractivity contribution in [1.82, 2.24) is 25.3 Å². The Balaban J connectivity index is 1.74. The van der Waals surface area contributed by atoms with Gasteiger partial charge in [-0.1, -0.05) is 0 Å². The molecule has 0 fully saturated rings. The Morgan fingerprint density at radius 3 is 2.52 bits per heavy atom. The van der Waals surface area contributed by atoms with Gasteiger partial charge in [-0.25, -0.2) is 23.4 Å². The van der Waals surface area contributed by atoms with E-state index in [-0.39, 0.29) is 11.3 Å². The molecule has 0 saturated heterocycles. The van der Waals surface area contributed by atoms with Crippen molar-refractivity contribution < 1.29 is 22.7 Å². The van der Waals surface area contributed by atoms with E-state index < -0.39 is 21.3 Å². The molecule has 174 valence electrons. The van der Waals surface area contributed by atoms with Crippen LogP contribution in [0.5, 0.6) is 17.4 Å². The maximum absolute atomic E-state index is 12.5. The molecule has 0 atom stereocenters. The predicted molar refractivity (Wildman–Crippen MR) is 122 cm³/mol. The van der Waals surface area contributed by atoms with Gasteiger partial charge in [0.2, 0.25) is 0 Å². The SMILES string of the molecule is CCOc1cccnc1Oc1cncc(-c2ncc(C(=O)NC(C)(C)CS(C)(=O)=O)cn2)c1. The Morgan fingerprint density at radius 2 is 1.85 bits per heavy atom. The first-order valence-corrected chi connectivity index (χ1v) is 12.2. The van der Waals surface area contributed by atoms with Crippen LogP contribution in [0, 0.1) is 0 Å². The number of pyridine rings is 2. The Labute approximate surface area is 192 Å². The lowest BCUT2D eigenvalue weighted by molar-refractivity contribution is 0.0920. The largest absolute Gasteiger partial charge is 0.488 e. The topological polar surface area (TPSA) is 133 Å². The van der Waals surface area contributed by atoms with Crippen LogP contribution in [0.2, 0.25) is 0 Å². The quantitative estimate of drug-likeness (QED) is 0.500. The Kier molecular flexibility index (Phi) is 7.22. The Bertz CT molecular complexity index is 1230. The van der Waals surface area contributed by atoms with Gasteiger partial charge in [-0.15, -0.1) is 0 Å². The van der Waals surface area contributed by atoms with Crippen molar-refractivity contribution in [2.45, 2.75) is 26.3 Å². The summed E-state index contributed by atoms with van der Waals surface area (Å²) in [5, 5.41) is 2.69. The molecule has 0 aliphatic rings. The lowest BCUT2D eigenvalue weighted by Gasteiger charge is -2.25. The fourth-order valence-electron chi connectivity index (χ4n) is 3.09. The molecule has 0 saturated carbocycles. The van der Waals surface area contributed by atoms with Crippen molar-refractivity contribution in [3.05, 3.63) is 54.7 Å². The minimum atomic E-state index is -3.26. The molecular weight excluding hydrogens is 446 g/mol. The smallest absolute Gasteiger partial charge is 0.262 e. The van der Waals surface area contributed by atoms with Gasteiger partial charge in [0.15, 0.2) is 11.6 Å². The minimum absolute atomic E-state index is 0.190. The zero-order valence-electron chi connectivity index (χ0n) is 18.8. The van der Waals surface area contributed by atoms with Gasteiger partial charge in [0.25, 0.3) is 11.8 Å². The van der Waals surface area contributed by atoms with E-state index in [2.05, 4.69) is 25.3 Å². The number of hydrogen-bond acceptors (Lipinski definition) is 9. The molecule has 3 aromatic rings. The lowest BCUT2D eigenvalue weighted by atomic mass is 10.1. The second-order valence-corrected chi connectivity index (χ2v) is 10.1. The van der Waals surface area contributed by atoms with Crippen LogP contribution in [-0.4, -0.2) is 58.4 Å². The van der Waals surface area contributed by atoms with Crippen LogP contribution in [0.15, 0.2) is 49.2 Å². The van der Waals surface area contributed by atoms with Crippen LogP contribution in [0.1, 0.15) is 31.1 Å². The molecule has 1 N–H and O–H groups in total. The first-order valence-electron chi connectivity index (χ1n) is 10.1. The number of ether oxygens (including phenoxy) is 2. The maximum atomic E-state index is 12.5. The first-order chi connectivity index (χ1) is 15.6. The molecule has 3 aromatic heterocycles. The van der Waals surface area contributed by atoms with Crippen LogP contribution in [0.4, 0.5) is 0 Å². The van der Waals surface area contributed by atoms with E-state index in [0.29, 0.717) is 35.4 Å². The van der Waals surface area contributed by atoms with E-state index in [4.69, 9.17) is 9.47 Å². The number of nitrogens with one attached hydrogen (secondary N) is 1. The van der Waals surface area contributed by atoms with Gasteiger partial charge in [-0.2, -0.15) is 0 Å². The third kappa shape index (κ3) is 6.94. The summed E-state index contributed by atoms with van der Waals surface area (Å²) >= 11 is 0. The van der Waals surface area contributed by atoms with Crippen LogP contribution in [0.3, 0.4) is 0 Å². The Morgan fingerprint density at radius 1 is 1.12 bits per heavy atom. The Hall–Kier alpha value is -3.60. The van der Waals surface area contributed by atoms with Gasteiger partial charge >= 0.3 is 0 Å². The summed E-state index contributed by atoms with van der Waals surface area (Å²) in [6.45, 7) is 5.61. The minimum Gasteiger partial charge on any atom is -0.488 e. The van der Waals surface area contributed by atoms with Crippen molar-refractivity contribution in [3.63, 3.8) is 0 Å². The summed E-state index contributed by atoms with van der Waals surface area (Å²) in [6.07, 6.45) is 8.55. The van der Waals surface area contributed by atoms with Crippen LogP contribution in [-0.2, 0) is 9.84 Å². The number of nitrogens with zero attached hydrogens (tertiary/aromatic N) is 4. The summed E-state index contributed by atoms with van der Waals surface area (Å²) in [5.74, 6) is 0.915. The van der Waals surface area contributed by atoms with Crippen LogP contribution in [0.25, 0.3) is 11.4 Å². The van der Waals surface area contributed by atoms with Crippen molar-refractivity contribution >= 4 is 15.7 Å². The summed E-state index contributed by atoms with van der Waals surface area (Å²) in [7, 11) is -3.26. The second-order valence-electron chi connectivity index (χ2n) is 7.95. The van der Waals surface area contributed by atoms with Gasteiger partial charge in [0.1, 0.15) is 15.6 Å². The number of carbonyl (C=O) groups excluding carboxylic acids is 1. The summed E-state index contributed by atoms with van der Waals surface area (Å²) in [5.41, 5.74) is -0.161. The highest BCUT2D eigenvalue weighted by Gasteiger charge is 2.26. The standard InChI is InChI=1S/C22H25N5O5S/c1-5-31-18-7-6-8-24-21(18)32-17-9-15(10-23-13-17)19-25-11-16(12-26-19)20(28)27-22(2,3)14-33(4,29)30/h6-13H,5,14H2,1-4H3,(H,27,28). The number of rotatable bonds is 9. The van der Waals surface area contributed by atoms with E-state index in [9.17, 15) is 13.2 Å². The maximum Gasteiger partial charge on any atom is 0.262 e. The third-order valence-corrected chi connectivity index (χ3v) is 5.46. The average molecular weight is 472 g/mol. The zero-order chi connectivity index (χ0) is 24.1. The van der Waals surface area contributed by atoms with Gasteiger partial charge in [-0.05, 0) is 39.0 Å². The lowest BCUT2D eigenvalue weighted by Crippen LogP contribution is -2.48. The van der Waals surface area contributed by atoms with Crippen molar-refractivity contribution in [1.29, 1.82) is 0 Å². The molecule has 0 unspecified atom stereocenters. The first kappa shape index (κ1) is 24.1. The molecule has 0 aliphatic heterocycles. The van der Waals surface area contributed by atoms with Gasteiger partial charge in [0, 0.05) is 42.1 Å². The molecule has 3 heterocycles. The monoisotopic (exact) mass is 471 g/mol. The fourth-order valence-corrected chi connectivity index (χ4v) is 4.48. The molecule has 11 heteroatoms. The van der Waals surface area contributed by atoms with Crippen molar-refractivity contribution in [2.24, 2.45) is 0 Å². The van der Waals surface area contributed by atoms with Gasteiger partial charge < -0.3 is 14.8 Å². The number of sulfone groups is 1.